The highest BCUT2D eigenvalue weighted by atomic mass is 16.5. The van der Waals surface area contributed by atoms with Crippen molar-refractivity contribution in [3.63, 3.8) is 0 Å². The fraction of sp³-hybridized carbons (Fsp3) is 0.955. The first-order valence-corrected chi connectivity index (χ1v) is 11.0. The summed E-state index contributed by atoms with van der Waals surface area (Å²) in [5, 5.41) is 0. The van der Waals surface area contributed by atoms with E-state index in [1.807, 2.05) is 0 Å². The third kappa shape index (κ3) is 3.38. The van der Waals surface area contributed by atoms with Gasteiger partial charge in [-0.25, -0.2) is 0 Å². The van der Waals surface area contributed by atoms with Crippen molar-refractivity contribution in [1.29, 1.82) is 0 Å². The number of nitrogens with zero attached hydrogens (tertiary/aromatic N) is 1. The van der Waals surface area contributed by atoms with Crippen LogP contribution in [0.5, 0.6) is 0 Å². The van der Waals surface area contributed by atoms with E-state index in [2.05, 4.69) is 11.9 Å². The number of ether oxygens (including phenoxy) is 1. The molecular formula is C22H37NO2. The van der Waals surface area contributed by atoms with E-state index in [-0.39, 0.29) is 11.9 Å². The van der Waals surface area contributed by atoms with E-state index in [4.69, 9.17) is 4.74 Å². The van der Waals surface area contributed by atoms with E-state index in [1.54, 1.807) is 7.11 Å². The van der Waals surface area contributed by atoms with Crippen molar-refractivity contribution in [2.45, 2.75) is 89.1 Å². The summed E-state index contributed by atoms with van der Waals surface area (Å²) in [4.78, 5) is 15.1. The molecule has 142 valence electrons. The molecule has 0 aromatic heterocycles. The number of piperidine rings is 1. The van der Waals surface area contributed by atoms with E-state index in [9.17, 15) is 4.79 Å². The molecule has 2 aliphatic carbocycles. The molecule has 3 heteroatoms. The number of hydrogen-bond donors (Lipinski definition) is 0. The fourth-order valence-corrected chi connectivity index (χ4v) is 7.11. The monoisotopic (exact) mass is 347 g/mol. The highest BCUT2D eigenvalue weighted by molar-refractivity contribution is 5.74. The Morgan fingerprint density at radius 2 is 1.48 bits per heavy atom. The lowest BCUT2D eigenvalue weighted by atomic mass is 9.64. The molecule has 0 amide bonds. The second-order valence-electron chi connectivity index (χ2n) is 9.49. The smallest absolute Gasteiger partial charge is 0.310 e. The van der Waals surface area contributed by atoms with Gasteiger partial charge < -0.3 is 4.74 Å². The van der Waals surface area contributed by atoms with Crippen molar-refractivity contribution in [3.05, 3.63) is 0 Å². The molecule has 2 saturated heterocycles. The number of hydrogen-bond acceptors (Lipinski definition) is 3. The minimum absolute atomic E-state index is 0.0663. The topological polar surface area (TPSA) is 29.5 Å². The summed E-state index contributed by atoms with van der Waals surface area (Å²) in [5.41, 5.74) is 0. The molecule has 0 aromatic rings. The first kappa shape index (κ1) is 17.8. The van der Waals surface area contributed by atoms with Gasteiger partial charge in [0, 0.05) is 12.1 Å². The standard InChI is InChI=1S/C22H37NO2/c1-23-18-12-13-20(23)21(22(24)25-2)19(14-18)17-10-8-16(9-11-17)15-6-4-3-5-7-15/h15-21H,3-14H2,1-2H3/t16?,17?,18-,19-,20?,21?/m1/s1. The molecular weight excluding hydrogens is 310 g/mol. The van der Waals surface area contributed by atoms with Crippen molar-refractivity contribution < 1.29 is 9.53 Å². The van der Waals surface area contributed by atoms with Crippen LogP contribution in [0.4, 0.5) is 0 Å². The molecule has 2 aliphatic heterocycles. The lowest BCUT2D eigenvalue weighted by Gasteiger charge is -2.47. The zero-order valence-corrected chi connectivity index (χ0v) is 16.3. The van der Waals surface area contributed by atoms with Crippen LogP contribution < -0.4 is 0 Å². The van der Waals surface area contributed by atoms with Crippen molar-refractivity contribution in [3.8, 4) is 0 Å². The molecule has 2 unspecified atom stereocenters. The zero-order valence-electron chi connectivity index (χ0n) is 16.3. The molecule has 0 N–H and O–H groups in total. The predicted molar refractivity (Wildman–Crippen MR) is 100 cm³/mol. The normalized spacial score (nSPS) is 43.1. The number of fused-ring (bicyclic) bond motifs is 2. The van der Waals surface area contributed by atoms with Gasteiger partial charge in [-0.05, 0) is 75.7 Å². The summed E-state index contributed by atoms with van der Waals surface area (Å²) in [6.07, 6.45) is 16.6. The molecule has 3 nitrogen and oxygen atoms in total. The number of methoxy groups -OCH3 is 1. The molecule has 4 aliphatic rings. The number of carbonyl (C=O) groups excluding carboxylic acids is 1. The van der Waals surface area contributed by atoms with E-state index in [0.717, 1.165) is 17.8 Å². The van der Waals surface area contributed by atoms with Gasteiger partial charge in [0.2, 0.25) is 0 Å². The Morgan fingerprint density at radius 3 is 2.16 bits per heavy atom. The van der Waals surface area contributed by atoms with Crippen LogP contribution in [0.2, 0.25) is 0 Å². The SMILES string of the molecule is COC(=O)C1C2CC[C@H](C[C@@H]1C1CCC(C3CCCCC3)CC1)N2C. The number of rotatable bonds is 3. The van der Waals surface area contributed by atoms with Gasteiger partial charge in [-0.2, -0.15) is 0 Å². The number of esters is 1. The minimum Gasteiger partial charge on any atom is -0.469 e. The highest BCUT2D eigenvalue weighted by Crippen LogP contribution is 2.50. The Balaban J connectivity index is 1.41. The van der Waals surface area contributed by atoms with Gasteiger partial charge in [0.15, 0.2) is 0 Å². The third-order valence-electron chi connectivity index (χ3n) is 8.53. The summed E-state index contributed by atoms with van der Waals surface area (Å²) in [7, 11) is 3.81. The number of carbonyl (C=O) groups is 1. The molecule has 25 heavy (non-hydrogen) atoms. The van der Waals surface area contributed by atoms with Crippen LogP contribution in [0.15, 0.2) is 0 Å². The quantitative estimate of drug-likeness (QED) is 0.696. The fourth-order valence-electron chi connectivity index (χ4n) is 7.11. The molecule has 0 radical (unpaired) electrons. The maximum Gasteiger partial charge on any atom is 0.310 e. The van der Waals surface area contributed by atoms with Crippen molar-refractivity contribution in [1.82, 2.24) is 4.90 Å². The summed E-state index contributed by atoms with van der Waals surface area (Å²) >= 11 is 0. The first-order valence-electron chi connectivity index (χ1n) is 11.0. The molecule has 0 aromatic carbocycles. The molecule has 4 atom stereocenters. The molecule has 4 fully saturated rings. The van der Waals surface area contributed by atoms with Gasteiger partial charge in [0.05, 0.1) is 13.0 Å². The lowest BCUT2D eigenvalue weighted by Crippen LogP contribution is -2.52. The Kier molecular flexibility index (Phi) is 5.41. The van der Waals surface area contributed by atoms with Gasteiger partial charge in [-0.15, -0.1) is 0 Å². The summed E-state index contributed by atoms with van der Waals surface area (Å²) in [5.74, 6) is 3.53. The maximum absolute atomic E-state index is 12.6. The third-order valence-corrected chi connectivity index (χ3v) is 8.53. The van der Waals surface area contributed by atoms with Gasteiger partial charge in [-0.3, -0.25) is 9.69 Å². The summed E-state index contributed by atoms with van der Waals surface area (Å²) in [6, 6.07) is 1.15. The molecule has 0 spiro atoms. The maximum atomic E-state index is 12.6. The van der Waals surface area contributed by atoms with Gasteiger partial charge in [0.1, 0.15) is 0 Å². The van der Waals surface area contributed by atoms with E-state index in [1.165, 1.54) is 77.0 Å². The zero-order chi connectivity index (χ0) is 17.4. The van der Waals surface area contributed by atoms with Crippen LogP contribution in [0, 0.1) is 29.6 Å². The van der Waals surface area contributed by atoms with Crippen molar-refractivity contribution >= 4 is 5.97 Å². The van der Waals surface area contributed by atoms with Crippen LogP contribution in [0.25, 0.3) is 0 Å². The Morgan fingerprint density at radius 1 is 0.840 bits per heavy atom. The van der Waals surface area contributed by atoms with Crippen LogP contribution in [0.1, 0.15) is 77.0 Å². The summed E-state index contributed by atoms with van der Waals surface area (Å²) < 4.78 is 5.26. The highest BCUT2D eigenvalue weighted by Gasteiger charge is 2.51. The summed E-state index contributed by atoms with van der Waals surface area (Å²) in [6.45, 7) is 0. The Hall–Kier alpha value is -0.570. The van der Waals surface area contributed by atoms with Crippen LogP contribution in [0.3, 0.4) is 0 Å². The molecule has 2 saturated carbocycles. The molecule has 4 rings (SSSR count). The lowest BCUT2D eigenvalue weighted by molar-refractivity contribution is -0.154. The van der Waals surface area contributed by atoms with Gasteiger partial charge in [0.25, 0.3) is 0 Å². The van der Waals surface area contributed by atoms with Crippen molar-refractivity contribution in [2.24, 2.45) is 29.6 Å². The van der Waals surface area contributed by atoms with E-state index < -0.39 is 0 Å². The average molecular weight is 348 g/mol. The van der Waals surface area contributed by atoms with Crippen LogP contribution >= 0.6 is 0 Å². The molecule has 2 bridgehead atoms. The van der Waals surface area contributed by atoms with Gasteiger partial charge in [-0.1, -0.05) is 32.1 Å². The van der Waals surface area contributed by atoms with Crippen molar-refractivity contribution in [2.75, 3.05) is 14.2 Å². The van der Waals surface area contributed by atoms with Crippen LogP contribution in [-0.2, 0) is 9.53 Å². The minimum atomic E-state index is 0.0663. The van der Waals surface area contributed by atoms with E-state index >= 15 is 0 Å². The second-order valence-corrected chi connectivity index (χ2v) is 9.49. The Labute approximate surface area is 153 Å². The first-order chi connectivity index (χ1) is 12.2. The average Bonchev–Trinajstić information content (AvgIpc) is 2.90. The Bertz CT molecular complexity index is 465. The van der Waals surface area contributed by atoms with E-state index in [0.29, 0.717) is 18.0 Å². The predicted octanol–water partition coefficient (Wildman–Crippen LogP) is 4.65. The second kappa shape index (κ2) is 7.58. The van der Waals surface area contributed by atoms with Gasteiger partial charge >= 0.3 is 5.97 Å². The van der Waals surface area contributed by atoms with Crippen LogP contribution in [-0.4, -0.2) is 37.1 Å². The molecule has 2 heterocycles. The largest absolute Gasteiger partial charge is 0.469 e.